The Morgan fingerprint density at radius 2 is 2.18 bits per heavy atom. The quantitative estimate of drug-likeness (QED) is 0.833. The number of hydrogen-bond donors (Lipinski definition) is 2. The molecule has 3 heteroatoms. The molecule has 2 aliphatic rings. The lowest BCUT2D eigenvalue weighted by Gasteiger charge is -2.23. The highest BCUT2D eigenvalue weighted by Crippen LogP contribution is 2.31. The lowest BCUT2D eigenvalue weighted by Crippen LogP contribution is -2.44. The van der Waals surface area contributed by atoms with Crippen molar-refractivity contribution in [2.75, 3.05) is 6.54 Å². The third-order valence-electron chi connectivity index (χ3n) is 4.98. The predicted octanol–water partition coefficient (Wildman–Crippen LogP) is 2.30. The third-order valence-corrected chi connectivity index (χ3v) is 4.98. The molecule has 4 rings (SSSR count). The fourth-order valence-corrected chi connectivity index (χ4v) is 3.80. The zero-order valence-corrected chi connectivity index (χ0v) is 12.3. The van der Waals surface area contributed by atoms with Crippen LogP contribution >= 0.6 is 0 Å². The zero-order chi connectivity index (χ0) is 15.1. The Balaban J connectivity index is 1.61. The molecule has 2 aromatic carbocycles. The monoisotopic (exact) mass is 290 g/mol. The van der Waals surface area contributed by atoms with Crippen LogP contribution in [-0.2, 0) is 0 Å². The van der Waals surface area contributed by atoms with Gasteiger partial charge in [-0.15, -0.1) is 6.42 Å². The molecule has 1 heterocycles. The Morgan fingerprint density at radius 1 is 1.27 bits per heavy atom. The van der Waals surface area contributed by atoms with E-state index in [1.165, 1.54) is 6.42 Å². The predicted molar refractivity (Wildman–Crippen MR) is 87.7 cm³/mol. The number of carbonyl (C=O) groups is 1. The number of piperidine rings is 1. The molecule has 1 aliphatic heterocycles. The number of fused-ring (bicyclic) bond motifs is 3. The minimum absolute atomic E-state index is 0.00581. The van der Waals surface area contributed by atoms with E-state index < -0.39 is 0 Å². The molecule has 2 fully saturated rings. The van der Waals surface area contributed by atoms with Gasteiger partial charge < -0.3 is 10.6 Å². The lowest BCUT2D eigenvalue weighted by atomic mass is 10.0. The van der Waals surface area contributed by atoms with Crippen LogP contribution in [0.2, 0.25) is 0 Å². The van der Waals surface area contributed by atoms with Gasteiger partial charge in [-0.1, -0.05) is 24.1 Å². The SMILES string of the molecule is C#Cc1cccc2ccc(C(=O)NC3CC4CC3CN4)cc12. The van der Waals surface area contributed by atoms with Gasteiger partial charge in [-0.25, -0.2) is 0 Å². The average molecular weight is 290 g/mol. The second kappa shape index (κ2) is 5.15. The molecule has 1 amide bonds. The standard InChI is InChI=1S/C19H18N2O/c1-2-12-4-3-5-13-6-7-14(9-17(12)13)19(22)21-18-10-16-8-15(18)11-20-16/h1,3-7,9,15-16,18,20H,8,10-11H2,(H,21,22). The molecule has 1 aliphatic carbocycles. The molecule has 0 spiro atoms. The van der Waals surface area contributed by atoms with Gasteiger partial charge in [0.2, 0.25) is 0 Å². The Hall–Kier alpha value is -2.31. The summed E-state index contributed by atoms with van der Waals surface area (Å²) in [7, 11) is 0. The van der Waals surface area contributed by atoms with Crippen molar-refractivity contribution in [3.8, 4) is 12.3 Å². The summed E-state index contributed by atoms with van der Waals surface area (Å²) in [6.45, 7) is 1.02. The minimum atomic E-state index is 0.00581. The largest absolute Gasteiger partial charge is 0.349 e. The van der Waals surface area contributed by atoms with Crippen molar-refractivity contribution < 1.29 is 4.79 Å². The number of hydrogen-bond acceptors (Lipinski definition) is 2. The molecule has 2 bridgehead atoms. The summed E-state index contributed by atoms with van der Waals surface area (Å²) in [5.41, 5.74) is 1.52. The summed E-state index contributed by atoms with van der Waals surface area (Å²) in [6, 6.07) is 12.5. The van der Waals surface area contributed by atoms with E-state index >= 15 is 0 Å². The van der Waals surface area contributed by atoms with Crippen LogP contribution in [0.1, 0.15) is 28.8 Å². The molecule has 110 valence electrons. The molecule has 0 aromatic heterocycles. The Kier molecular flexibility index (Phi) is 3.13. The highest BCUT2D eigenvalue weighted by atomic mass is 16.1. The Bertz CT molecular complexity index is 790. The number of nitrogens with one attached hydrogen (secondary N) is 2. The van der Waals surface area contributed by atoms with Crippen LogP contribution in [0.5, 0.6) is 0 Å². The minimum Gasteiger partial charge on any atom is -0.349 e. The van der Waals surface area contributed by atoms with E-state index in [0.29, 0.717) is 23.6 Å². The topological polar surface area (TPSA) is 41.1 Å². The van der Waals surface area contributed by atoms with Gasteiger partial charge in [0.25, 0.3) is 5.91 Å². The van der Waals surface area contributed by atoms with Gasteiger partial charge in [-0.2, -0.15) is 0 Å². The van der Waals surface area contributed by atoms with Gasteiger partial charge in [0, 0.05) is 29.8 Å². The van der Waals surface area contributed by atoms with Crippen LogP contribution in [0.25, 0.3) is 10.8 Å². The van der Waals surface area contributed by atoms with Crippen LogP contribution in [0, 0.1) is 18.3 Å². The van der Waals surface area contributed by atoms with Gasteiger partial charge in [0.15, 0.2) is 0 Å². The van der Waals surface area contributed by atoms with Gasteiger partial charge in [0.1, 0.15) is 0 Å². The van der Waals surface area contributed by atoms with Crippen LogP contribution in [-0.4, -0.2) is 24.5 Å². The van der Waals surface area contributed by atoms with Crippen molar-refractivity contribution in [2.24, 2.45) is 5.92 Å². The van der Waals surface area contributed by atoms with Crippen molar-refractivity contribution in [3.63, 3.8) is 0 Å². The maximum absolute atomic E-state index is 12.5. The van der Waals surface area contributed by atoms with Gasteiger partial charge >= 0.3 is 0 Å². The van der Waals surface area contributed by atoms with Crippen LogP contribution in [0.15, 0.2) is 36.4 Å². The number of amides is 1. The van der Waals surface area contributed by atoms with E-state index in [2.05, 4.69) is 16.6 Å². The zero-order valence-electron chi connectivity index (χ0n) is 12.3. The molecular weight excluding hydrogens is 272 g/mol. The van der Waals surface area contributed by atoms with E-state index in [4.69, 9.17) is 6.42 Å². The molecular formula is C19H18N2O. The fourth-order valence-electron chi connectivity index (χ4n) is 3.80. The third kappa shape index (κ3) is 2.17. The van der Waals surface area contributed by atoms with Crippen LogP contribution < -0.4 is 10.6 Å². The molecule has 2 N–H and O–H groups in total. The highest BCUT2D eigenvalue weighted by molar-refractivity contribution is 6.00. The van der Waals surface area contributed by atoms with Crippen molar-refractivity contribution in [1.29, 1.82) is 0 Å². The van der Waals surface area contributed by atoms with E-state index in [-0.39, 0.29) is 5.91 Å². The lowest BCUT2D eigenvalue weighted by molar-refractivity contribution is 0.0925. The summed E-state index contributed by atoms with van der Waals surface area (Å²) in [6.07, 6.45) is 7.78. The van der Waals surface area contributed by atoms with E-state index in [1.54, 1.807) is 0 Å². The van der Waals surface area contributed by atoms with E-state index in [0.717, 1.165) is 29.3 Å². The van der Waals surface area contributed by atoms with Crippen molar-refractivity contribution >= 4 is 16.7 Å². The second-order valence-corrected chi connectivity index (χ2v) is 6.30. The van der Waals surface area contributed by atoms with Gasteiger partial charge in [-0.3, -0.25) is 4.79 Å². The van der Waals surface area contributed by atoms with Crippen molar-refractivity contribution in [1.82, 2.24) is 10.6 Å². The molecule has 3 nitrogen and oxygen atoms in total. The molecule has 2 aromatic rings. The highest BCUT2D eigenvalue weighted by Gasteiger charge is 2.40. The van der Waals surface area contributed by atoms with Crippen LogP contribution in [0.3, 0.4) is 0 Å². The van der Waals surface area contributed by atoms with Crippen molar-refractivity contribution in [2.45, 2.75) is 24.9 Å². The van der Waals surface area contributed by atoms with E-state index in [1.807, 2.05) is 36.4 Å². The molecule has 3 unspecified atom stereocenters. The summed E-state index contributed by atoms with van der Waals surface area (Å²) in [5, 5.41) is 8.69. The molecule has 1 saturated carbocycles. The number of benzene rings is 2. The molecule has 1 saturated heterocycles. The number of rotatable bonds is 2. The normalized spacial score (nSPS) is 26.0. The van der Waals surface area contributed by atoms with E-state index in [9.17, 15) is 4.79 Å². The van der Waals surface area contributed by atoms with Gasteiger partial charge in [0.05, 0.1) is 0 Å². The Morgan fingerprint density at radius 3 is 2.91 bits per heavy atom. The number of terminal acetylenes is 1. The van der Waals surface area contributed by atoms with Gasteiger partial charge in [-0.05, 0) is 47.7 Å². The summed E-state index contributed by atoms with van der Waals surface area (Å²) < 4.78 is 0. The first-order chi connectivity index (χ1) is 10.7. The summed E-state index contributed by atoms with van der Waals surface area (Å²) in [4.78, 5) is 12.5. The number of carbonyl (C=O) groups excluding carboxylic acids is 1. The smallest absolute Gasteiger partial charge is 0.251 e. The first kappa shape index (κ1) is 13.4. The Labute approximate surface area is 130 Å². The summed E-state index contributed by atoms with van der Waals surface area (Å²) >= 11 is 0. The van der Waals surface area contributed by atoms with Crippen molar-refractivity contribution in [3.05, 3.63) is 47.5 Å². The molecule has 0 radical (unpaired) electrons. The average Bonchev–Trinajstić information content (AvgIpc) is 3.16. The maximum Gasteiger partial charge on any atom is 0.251 e. The molecule has 3 atom stereocenters. The summed E-state index contributed by atoms with van der Waals surface area (Å²) in [5.74, 6) is 3.28. The first-order valence-corrected chi connectivity index (χ1v) is 7.78. The fraction of sp³-hybridized carbons (Fsp3) is 0.316. The molecule has 22 heavy (non-hydrogen) atoms. The first-order valence-electron chi connectivity index (χ1n) is 7.78. The maximum atomic E-state index is 12.5. The second-order valence-electron chi connectivity index (χ2n) is 6.30. The van der Waals surface area contributed by atoms with Crippen LogP contribution in [0.4, 0.5) is 0 Å².